The van der Waals surface area contributed by atoms with Crippen LogP contribution in [0.15, 0.2) is 18.3 Å². The molecule has 1 atom stereocenters. The molecule has 96 valence electrons. The molecule has 0 aliphatic heterocycles. The van der Waals surface area contributed by atoms with Crippen LogP contribution < -0.4 is 11.1 Å². The fourth-order valence-electron chi connectivity index (χ4n) is 1.15. The maximum absolute atomic E-state index is 11.7. The van der Waals surface area contributed by atoms with Gasteiger partial charge < -0.3 is 11.1 Å². The summed E-state index contributed by atoms with van der Waals surface area (Å²) in [6.07, 6.45) is 3.63. The predicted molar refractivity (Wildman–Crippen MR) is 74.7 cm³/mol. The first-order valence-corrected chi connectivity index (χ1v) is 6.42. The van der Waals surface area contributed by atoms with Crippen LogP contribution in [0.3, 0.4) is 0 Å². The van der Waals surface area contributed by atoms with Gasteiger partial charge in [0, 0.05) is 30.1 Å². The average Bonchev–Trinajstić information content (AvgIpc) is 2.35. The molecular formula is C11H18ClN3OS. The van der Waals surface area contributed by atoms with E-state index in [1.807, 2.05) is 6.26 Å². The van der Waals surface area contributed by atoms with Crippen LogP contribution in [-0.4, -0.2) is 28.9 Å². The molecule has 0 radical (unpaired) electrons. The third kappa shape index (κ3) is 5.39. The summed E-state index contributed by atoms with van der Waals surface area (Å²) in [6, 6.07) is 3.41. The van der Waals surface area contributed by atoms with Crippen molar-refractivity contribution in [3.8, 4) is 0 Å². The second-order valence-electron chi connectivity index (χ2n) is 3.50. The smallest absolute Gasteiger partial charge is 0.251 e. The van der Waals surface area contributed by atoms with Crippen molar-refractivity contribution < 1.29 is 4.79 Å². The topological polar surface area (TPSA) is 68.0 Å². The number of carbonyl (C=O) groups is 1. The van der Waals surface area contributed by atoms with Gasteiger partial charge in [0.05, 0.1) is 5.69 Å². The van der Waals surface area contributed by atoms with E-state index in [9.17, 15) is 4.79 Å². The maximum Gasteiger partial charge on any atom is 0.251 e. The Morgan fingerprint density at radius 3 is 2.94 bits per heavy atom. The van der Waals surface area contributed by atoms with E-state index in [1.165, 1.54) is 0 Å². The molecule has 17 heavy (non-hydrogen) atoms. The molecule has 1 rings (SSSR count). The van der Waals surface area contributed by atoms with Crippen LogP contribution in [0, 0.1) is 0 Å². The first-order valence-electron chi connectivity index (χ1n) is 5.13. The third-order valence-electron chi connectivity index (χ3n) is 2.24. The van der Waals surface area contributed by atoms with E-state index in [0.29, 0.717) is 23.9 Å². The molecule has 1 amide bonds. The van der Waals surface area contributed by atoms with Crippen LogP contribution >= 0.6 is 24.2 Å². The van der Waals surface area contributed by atoms with Crippen LogP contribution in [0.5, 0.6) is 0 Å². The maximum atomic E-state index is 11.7. The lowest BCUT2D eigenvalue weighted by Gasteiger charge is -2.10. The van der Waals surface area contributed by atoms with Crippen molar-refractivity contribution in [3.05, 3.63) is 29.6 Å². The first kappa shape index (κ1) is 16.2. The Hall–Kier alpha value is -0.780. The number of hydrogen-bond donors (Lipinski definition) is 2. The Labute approximate surface area is 112 Å². The second kappa shape index (κ2) is 8.33. The lowest BCUT2D eigenvalue weighted by Crippen LogP contribution is -2.29. The quantitative estimate of drug-likeness (QED) is 0.853. The Balaban J connectivity index is 0.00000256. The largest absolute Gasteiger partial charge is 0.351 e. The summed E-state index contributed by atoms with van der Waals surface area (Å²) in [6.45, 7) is 3.09. The summed E-state index contributed by atoms with van der Waals surface area (Å²) in [4.78, 5) is 15.8. The zero-order valence-electron chi connectivity index (χ0n) is 9.97. The summed E-state index contributed by atoms with van der Waals surface area (Å²) in [5, 5.41) is 3.29. The van der Waals surface area contributed by atoms with Gasteiger partial charge in [-0.2, -0.15) is 11.8 Å². The van der Waals surface area contributed by atoms with Gasteiger partial charge in [0.2, 0.25) is 0 Å². The molecule has 1 unspecified atom stereocenters. The molecule has 4 nitrogen and oxygen atoms in total. The van der Waals surface area contributed by atoms with Gasteiger partial charge in [-0.3, -0.25) is 9.78 Å². The molecule has 0 spiro atoms. The number of carbonyl (C=O) groups excluding carboxylic acids is 1. The summed E-state index contributed by atoms with van der Waals surface area (Å²) in [5.41, 5.74) is 6.81. The molecule has 0 aliphatic carbocycles. The zero-order valence-corrected chi connectivity index (χ0v) is 11.6. The molecular weight excluding hydrogens is 258 g/mol. The summed E-state index contributed by atoms with van der Waals surface area (Å²) in [7, 11) is 0. The number of nitrogens with two attached hydrogens (primary N) is 1. The minimum absolute atomic E-state index is 0. The molecule has 6 heteroatoms. The number of pyridine rings is 1. The third-order valence-corrected chi connectivity index (χ3v) is 3.21. The zero-order chi connectivity index (χ0) is 12.0. The molecule has 0 saturated heterocycles. The molecule has 0 fully saturated rings. The average molecular weight is 276 g/mol. The van der Waals surface area contributed by atoms with Crippen LogP contribution in [0.2, 0.25) is 0 Å². The Morgan fingerprint density at radius 1 is 1.65 bits per heavy atom. The number of halogens is 1. The van der Waals surface area contributed by atoms with E-state index in [0.717, 1.165) is 5.69 Å². The van der Waals surface area contributed by atoms with Gasteiger partial charge in [-0.25, -0.2) is 0 Å². The van der Waals surface area contributed by atoms with E-state index in [4.69, 9.17) is 5.73 Å². The monoisotopic (exact) mass is 275 g/mol. The van der Waals surface area contributed by atoms with Crippen molar-refractivity contribution in [2.75, 3.05) is 12.8 Å². The van der Waals surface area contributed by atoms with Gasteiger partial charge >= 0.3 is 0 Å². The number of nitrogens with zero attached hydrogens (tertiary/aromatic N) is 1. The number of rotatable bonds is 5. The van der Waals surface area contributed by atoms with Crippen molar-refractivity contribution in [2.24, 2.45) is 5.73 Å². The molecule has 0 aliphatic rings. The number of hydrogen-bond acceptors (Lipinski definition) is 4. The number of nitrogens with one attached hydrogen (secondary N) is 1. The predicted octanol–water partition coefficient (Wildman–Crippen LogP) is 1.44. The molecule has 3 N–H and O–H groups in total. The Kier molecular flexibility index (Phi) is 7.95. The minimum atomic E-state index is -0.0713. The van der Waals surface area contributed by atoms with Gasteiger partial charge in [0.1, 0.15) is 0 Å². The minimum Gasteiger partial charge on any atom is -0.351 e. The lowest BCUT2D eigenvalue weighted by molar-refractivity contribution is 0.0954. The highest BCUT2D eigenvalue weighted by atomic mass is 35.5. The first-order chi connectivity index (χ1) is 7.67. The highest BCUT2D eigenvalue weighted by Crippen LogP contribution is 2.04. The van der Waals surface area contributed by atoms with Crippen molar-refractivity contribution in [1.29, 1.82) is 0 Å². The van der Waals surface area contributed by atoms with Crippen molar-refractivity contribution in [2.45, 2.75) is 18.7 Å². The van der Waals surface area contributed by atoms with Crippen molar-refractivity contribution in [3.63, 3.8) is 0 Å². The Morgan fingerprint density at radius 2 is 2.35 bits per heavy atom. The van der Waals surface area contributed by atoms with Gasteiger partial charge in [0.25, 0.3) is 5.91 Å². The van der Waals surface area contributed by atoms with E-state index in [1.54, 1.807) is 30.1 Å². The highest BCUT2D eigenvalue weighted by molar-refractivity contribution is 7.99. The fourth-order valence-corrected chi connectivity index (χ4v) is 1.40. The summed E-state index contributed by atoms with van der Waals surface area (Å²) in [5.74, 6) is -0.0713. The molecule has 1 aromatic rings. The van der Waals surface area contributed by atoms with E-state index in [2.05, 4.69) is 17.2 Å². The normalized spacial score (nSPS) is 11.5. The molecule has 0 bridgehead atoms. The van der Waals surface area contributed by atoms with E-state index in [-0.39, 0.29) is 18.3 Å². The lowest BCUT2D eigenvalue weighted by atomic mass is 10.2. The SMILES string of the molecule is CSC(C)CNC(=O)c1ccnc(CN)c1.Cl. The molecule has 1 aromatic heterocycles. The van der Waals surface area contributed by atoms with Crippen LogP contribution in [0.25, 0.3) is 0 Å². The van der Waals surface area contributed by atoms with Gasteiger partial charge in [-0.05, 0) is 18.4 Å². The van der Waals surface area contributed by atoms with Crippen LogP contribution in [-0.2, 0) is 6.54 Å². The van der Waals surface area contributed by atoms with Gasteiger partial charge in [-0.1, -0.05) is 6.92 Å². The van der Waals surface area contributed by atoms with Gasteiger partial charge in [0.15, 0.2) is 0 Å². The number of amides is 1. The van der Waals surface area contributed by atoms with Gasteiger partial charge in [-0.15, -0.1) is 12.4 Å². The van der Waals surface area contributed by atoms with Crippen molar-refractivity contribution in [1.82, 2.24) is 10.3 Å². The fraction of sp³-hybridized carbons (Fsp3) is 0.455. The Bertz CT molecular complexity index is 362. The molecule has 0 aromatic carbocycles. The van der Waals surface area contributed by atoms with Crippen molar-refractivity contribution >= 4 is 30.1 Å². The number of aromatic nitrogens is 1. The number of thioether (sulfide) groups is 1. The summed E-state index contributed by atoms with van der Waals surface area (Å²) < 4.78 is 0. The van der Waals surface area contributed by atoms with Crippen LogP contribution in [0.4, 0.5) is 0 Å². The second-order valence-corrected chi connectivity index (χ2v) is 4.77. The highest BCUT2D eigenvalue weighted by Gasteiger charge is 2.07. The molecule has 1 heterocycles. The summed E-state index contributed by atoms with van der Waals surface area (Å²) >= 11 is 1.72. The molecule has 0 saturated carbocycles. The van der Waals surface area contributed by atoms with E-state index < -0.39 is 0 Å². The standard InChI is InChI=1S/C11H17N3OS.ClH/c1-8(16-2)7-14-11(15)9-3-4-13-10(5-9)6-12;/h3-5,8H,6-7,12H2,1-2H3,(H,14,15);1H. The van der Waals surface area contributed by atoms with Crippen LogP contribution in [0.1, 0.15) is 23.0 Å². The van der Waals surface area contributed by atoms with E-state index >= 15 is 0 Å².